The second-order valence-electron chi connectivity index (χ2n) is 5.33. The van der Waals surface area contributed by atoms with Gasteiger partial charge in [0.25, 0.3) is 0 Å². The van der Waals surface area contributed by atoms with Crippen molar-refractivity contribution in [2.24, 2.45) is 5.92 Å². The van der Waals surface area contributed by atoms with E-state index in [1.807, 2.05) is 12.1 Å². The molecule has 3 rings (SSSR count). The van der Waals surface area contributed by atoms with Gasteiger partial charge in [0.2, 0.25) is 5.91 Å². The standard InChI is InChI=1S/C17H19NO2/c1-18-17(19)12-9-15-13-6-4-3-5-11(13)7-8-14(15)16(10-12)20-2/h3-8,12,16H,9-10H2,1-2H3,(H,18,19). The van der Waals surface area contributed by atoms with Gasteiger partial charge in [-0.25, -0.2) is 0 Å². The molecule has 1 aliphatic rings. The molecule has 1 N–H and O–H groups in total. The van der Waals surface area contributed by atoms with Crippen LogP contribution in [-0.2, 0) is 16.0 Å². The topological polar surface area (TPSA) is 38.3 Å². The zero-order chi connectivity index (χ0) is 14.1. The summed E-state index contributed by atoms with van der Waals surface area (Å²) in [4.78, 5) is 12.0. The van der Waals surface area contributed by atoms with Crippen molar-refractivity contribution >= 4 is 16.7 Å². The number of rotatable bonds is 2. The van der Waals surface area contributed by atoms with Gasteiger partial charge in [0.1, 0.15) is 0 Å². The molecular formula is C17H19NO2. The van der Waals surface area contributed by atoms with Crippen LogP contribution in [0.1, 0.15) is 23.7 Å². The molecule has 3 heteroatoms. The van der Waals surface area contributed by atoms with Gasteiger partial charge in [-0.3, -0.25) is 4.79 Å². The first kappa shape index (κ1) is 13.1. The number of carbonyl (C=O) groups is 1. The van der Waals surface area contributed by atoms with Crippen molar-refractivity contribution in [3.05, 3.63) is 47.5 Å². The Morgan fingerprint density at radius 2 is 2.05 bits per heavy atom. The largest absolute Gasteiger partial charge is 0.377 e. The van der Waals surface area contributed by atoms with Crippen molar-refractivity contribution in [2.75, 3.05) is 14.2 Å². The molecule has 0 saturated heterocycles. The fourth-order valence-electron chi connectivity index (χ4n) is 3.22. The van der Waals surface area contributed by atoms with Crippen LogP contribution in [0.2, 0.25) is 0 Å². The summed E-state index contributed by atoms with van der Waals surface area (Å²) in [7, 11) is 3.42. The number of nitrogens with one attached hydrogen (secondary N) is 1. The van der Waals surface area contributed by atoms with Crippen LogP contribution in [0, 0.1) is 5.92 Å². The SMILES string of the molecule is CNC(=O)C1Cc2c(ccc3ccccc23)C(OC)C1. The van der Waals surface area contributed by atoms with E-state index in [4.69, 9.17) is 4.74 Å². The minimum absolute atomic E-state index is 0.00524. The highest BCUT2D eigenvalue weighted by molar-refractivity contribution is 5.88. The molecule has 0 radical (unpaired) electrons. The average molecular weight is 269 g/mol. The second kappa shape index (κ2) is 5.25. The van der Waals surface area contributed by atoms with Crippen LogP contribution >= 0.6 is 0 Å². The summed E-state index contributed by atoms with van der Waals surface area (Å²) in [6, 6.07) is 12.6. The minimum atomic E-state index is -0.0109. The van der Waals surface area contributed by atoms with Gasteiger partial charge in [-0.1, -0.05) is 36.4 Å². The van der Waals surface area contributed by atoms with Gasteiger partial charge in [0.05, 0.1) is 6.10 Å². The van der Waals surface area contributed by atoms with Crippen LogP contribution < -0.4 is 5.32 Å². The lowest BCUT2D eigenvalue weighted by molar-refractivity contribution is -0.126. The van der Waals surface area contributed by atoms with Gasteiger partial charge in [0, 0.05) is 20.1 Å². The number of hydrogen-bond donors (Lipinski definition) is 1. The van der Waals surface area contributed by atoms with Crippen molar-refractivity contribution in [3.63, 3.8) is 0 Å². The lowest BCUT2D eigenvalue weighted by atomic mass is 9.79. The minimum Gasteiger partial charge on any atom is -0.377 e. The summed E-state index contributed by atoms with van der Waals surface area (Å²) in [5.74, 6) is 0.0916. The molecule has 1 amide bonds. The lowest BCUT2D eigenvalue weighted by Crippen LogP contribution is -2.33. The molecule has 0 aromatic heterocycles. The van der Waals surface area contributed by atoms with Gasteiger partial charge >= 0.3 is 0 Å². The Bertz CT molecular complexity index is 650. The lowest BCUT2D eigenvalue weighted by Gasteiger charge is -2.30. The first-order valence-corrected chi connectivity index (χ1v) is 6.99. The summed E-state index contributed by atoms with van der Waals surface area (Å²) in [5.41, 5.74) is 2.49. The number of fused-ring (bicyclic) bond motifs is 3. The molecule has 0 heterocycles. The van der Waals surface area contributed by atoms with Gasteiger partial charge in [-0.2, -0.15) is 0 Å². The summed E-state index contributed by atoms with van der Waals surface area (Å²) in [6.45, 7) is 0. The molecule has 20 heavy (non-hydrogen) atoms. The third-order valence-corrected chi connectivity index (χ3v) is 4.27. The first-order valence-electron chi connectivity index (χ1n) is 6.99. The number of amides is 1. The third kappa shape index (κ3) is 2.08. The molecule has 0 bridgehead atoms. The Balaban J connectivity index is 2.13. The maximum atomic E-state index is 12.0. The van der Waals surface area contributed by atoms with Crippen LogP contribution in [0.25, 0.3) is 10.8 Å². The van der Waals surface area contributed by atoms with E-state index in [1.165, 1.54) is 21.9 Å². The second-order valence-corrected chi connectivity index (χ2v) is 5.33. The Labute approximate surface area is 118 Å². The maximum absolute atomic E-state index is 12.0. The van der Waals surface area contributed by atoms with Crippen LogP contribution in [0.3, 0.4) is 0 Å². The van der Waals surface area contributed by atoms with Crippen LogP contribution in [0.4, 0.5) is 0 Å². The fraction of sp³-hybridized carbons (Fsp3) is 0.353. The van der Waals surface area contributed by atoms with E-state index in [9.17, 15) is 4.79 Å². The monoisotopic (exact) mass is 269 g/mol. The van der Waals surface area contributed by atoms with E-state index >= 15 is 0 Å². The summed E-state index contributed by atoms with van der Waals surface area (Å²) < 4.78 is 5.61. The van der Waals surface area contributed by atoms with Crippen molar-refractivity contribution in [2.45, 2.75) is 18.9 Å². The quantitative estimate of drug-likeness (QED) is 0.910. The molecular weight excluding hydrogens is 250 g/mol. The van der Waals surface area contributed by atoms with Crippen molar-refractivity contribution in [3.8, 4) is 0 Å². The predicted molar refractivity (Wildman–Crippen MR) is 79.6 cm³/mol. The van der Waals surface area contributed by atoms with Crippen LogP contribution in [0.5, 0.6) is 0 Å². The molecule has 1 aliphatic carbocycles. The van der Waals surface area contributed by atoms with E-state index < -0.39 is 0 Å². The Morgan fingerprint density at radius 1 is 1.25 bits per heavy atom. The molecule has 2 aromatic rings. The number of ether oxygens (including phenoxy) is 1. The summed E-state index contributed by atoms with van der Waals surface area (Å²) in [5, 5.41) is 5.22. The molecule has 104 valence electrons. The average Bonchev–Trinajstić information content (AvgIpc) is 2.52. The highest BCUT2D eigenvalue weighted by Gasteiger charge is 2.31. The van der Waals surface area contributed by atoms with E-state index in [1.54, 1.807) is 14.2 Å². The highest BCUT2D eigenvalue weighted by Crippen LogP contribution is 2.38. The first-order chi connectivity index (χ1) is 9.74. The molecule has 2 aromatic carbocycles. The van der Waals surface area contributed by atoms with Crippen LogP contribution in [0.15, 0.2) is 36.4 Å². The number of benzene rings is 2. The number of hydrogen-bond acceptors (Lipinski definition) is 2. The molecule has 0 aliphatic heterocycles. The van der Waals surface area contributed by atoms with Crippen molar-refractivity contribution in [1.82, 2.24) is 5.32 Å². The van der Waals surface area contributed by atoms with E-state index in [0.717, 1.165) is 12.8 Å². The molecule has 0 spiro atoms. The van der Waals surface area contributed by atoms with E-state index in [0.29, 0.717) is 0 Å². The summed E-state index contributed by atoms with van der Waals surface area (Å²) in [6.07, 6.45) is 1.54. The number of carbonyl (C=O) groups excluding carboxylic acids is 1. The van der Waals surface area contributed by atoms with Gasteiger partial charge in [-0.05, 0) is 34.7 Å². The molecule has 0 fully saturated rings. The fourth-order valence-corrected chi connectivity index (χ4v) is 3.22. The molecule has 0 saturated carbocycles. The maximum Gasteiger partial charge on any atom is 0.223 e. The van der Waals surface area contributed by atoms with Crippen LogP contribution in [-0.4, -0.2) is 20.1 Å². The zero-order valence-corrected chi connectivity index (χ0v) is 11.8. The van der Waals surface area contributed by atoms with Crippen molar-refractivity contribution < 1.29 is 9.53 Å². The Hall–Kier alpha value is -1.87. The molecule has 2 unspecified atom stereocenters. The van der Waals surface area contributed by atoms with Gasteiger partial charge in [-0.15, -0.1) is 0 Å². The van der Waals surface area contributed by atoms with Crippen molar-refractivity contribution in [1.29, 1.82) is 0 Å². The number of methoxy groups -OCH3 is 1. The smallest absolute Gasteiger partial charge is 0.223 e. The van der Waals surface area contributed by atoms with E-state index in [-0.39, 0.29) is 17.9 Å². The molecule has 3 nitrogen and oxygen atoms in total. The molecule has 2 atom stereocenters. The Kier molecular flexibility index (Phi) is 3.45. The van der Waals surface area contributed by atoms with Gasteiger partial charge in [0.15, 0.2) is 0 Å². The Morgan fingerprint density at radius 3 is 2.80 bits per heavy atom. The van der Waals surface area contributed by atoms with Gasteiger partial charge < -0.3 is 10.1 Å². The normalized spacial score (nSPS) is 21.5. The zero-order valence-electron chi connectivity index (χ0n) is 11.8. The predicted octanol–water partition coefficient (Wildman–Crippen LogP) is 2.84. The van der Waals surface area contributed by atoms with E-state index in [2.05, 4.69) is 29.6 Å². The highest BCUT2D eigenvalue weighted by atomic mass is 16.5. The third-order valence-electron chi connectivity index (χ3n) is 4.27. The summed E-state index contributed by atoms with van der Waals surface area (Å²) >= 11 is 0.